The summed E-state index contributed by atoms with van der Waals surface area (Å²) in [5, 5.41) is 8.47. The molecule has 5 heteroatoms. The highest BCUT2D eigenvalue weighted by molar-refractivity contribution is 5.97. The number of unbranched alkanes of at least 4 members (excludes halogenated alkanes) is 2. The van der Waals surface area contributed by atoms with Gasteiger partial charge in [0.2, 0.25) is 0 Å². The maximum atomic E-state index is 8.47. The molecule has 0 heterocycles. The van der Waals surface area contributed by atoms with Crippen LogP contribution in [-0.4, -0.2) is 38.0 Å². The average Bonchev–Trinajstić information content (AvgIpc) is 2.53. The number of hydrogen-bond donors (Lipinski definition) is 1. The quantitative estimate of drug-likeness (QED) is 0.541. The number of methoxy groups -OCH3 is 2. The number of benzene rings is 1. The summed E-state index contributed by atoms with van der Waals surface area (Å²) in [6, 6.07) is 5.67. The lowest BCUT2D eigenvalue weighted by Gasteiger charge is -2.25. The Morgan fingerprint density at radius 3 is 2.00 bits per heavy atom. The largest absolute Gasteiger partial charge is 0.493 e. The molecule has 0 unspecified atom stereocenters. The molecule has 1 rings (SSSR count). The minimum absolute atomic E-state index is 0. The van der Waals surface area contributed by atoms with Gasteiger partial charge >= 0.3 is 0 Å². The van der Waals surface area contributed by atoms with E-state index >= 15 is 0 Å². The molecule has 126 valence electrons. The molecule has 1 aromatic rings. The Morgan fingerprint density at radius 2 is 1.55 bits per heavy atom. The molecule has 0 amide bonds. The number of amidine groups is 1. The zero-order valence-electron chi connectivity index (χ0n) is 14.1. The lowest BCUT2D eigenvalue weighted by atomic mass is 10.1. The Kier molecular flexibility index (Phi) is 10.5. The molecule has 0 atom stereocenters. The topological polar surface area (TPSA) is 45.6 Å². The van der Waals surface area contributed by atoms with Gasteiger partial charge in [0.15, 0.2) is 11.5 Å². The van der Waals surface area contributed by atoms with Gasteiger partial charge in [0, 0.05) is 18.7 Å². The van der Waals surface area contributed by atoms with Crippen LogP contribution in [0.2, 0.25) is 0 Å². The summed E-state index contributed by atoms with van der Waals surface area (Å²) in [6.45, 7) is 6.23. The number of nitrogens with zero attached hydrogens (tertiary/aromatic N) is 1. The van der Waals surface area contributed by atoms with Crippen LogP contribution in [0.4, 0.5) is 0 Å². The predicted octanol–water partition coefficient (Wildman–Crippen LogP) is 4.35. The fourth-order valence-electron chi connectivity index (χ4n) is 2.20. The fourth-order valence-corrected chi connectivity index (χ4v) is 2.20. The summed E-state index contributed by atoms with van der Waals surface area (Å²) in [7, 11) is 3.24. The summed E-state index contributed by atoms with van der Waals surface area (Å²) in [4.78, 5) is 2.16. The molecule has 0 fully saturated rings. The van der Waals surface area contributed by atoms with Crippen LogP contribution in [-0.2, 0) is 0 Å². The molecule has 22 heavy (non-hydrogen) atoms. The minimum atomic E-state index is 0. The van der Waals surface area contributed by atoms with Crippen LogP contribution >= 0.6 is 12.4 Å². The first-order chi connectivity index (χ1) is 10.2. The van der Waals surface area contributed by atoms with Crippen molar-refractivity contribution in [3.8, 4) is 11.5 Å². The first-order valence-corrected chi connectivity index (χ1v) is 7.73. The Hall–Kier alpha value is -1.42. The van der Waals surface area contributed by atoms with Crippen LogP contribution in [0.25, 0.3) is 0 Å². The molecular weight excluding hydrogens is 300 g/mol. The number of nitrogens with one attached hydrogen (secondary N) is 1. The van der Waals surface area contributed by atoms with Gasteiger partial charge in [-0.1, -0.05) is 26.7 Å². The number of hydrogen-bond acceptors (Lipinski definition) is 3. The standard InChI is InChI=1S/C17H28N2O2.ClH/c1-5-7-11-19(12-8-6-2)17(18)14-9-10-15(20-3)16(13-14)21-4;/h9-10,13,18H,5-8,11-12H2,1-4H3;1H. The highest BCUT2D eigenvalue weighted by Crippen LogP contribution is 2.28. The van der Waals surface area contributed by atoms with E-state index in [1.807, 2.05) is 18.2 Å². The molecule has 0 aliphatic rings. The molecule has 1 N–H and O–H groups in total. The molecular formula is C17H29ClN2O2. The Labute approximate surface area is 140 Å². The third-order valence-corrected chi connectivity index (χ3v) is 3.54. The Morgan fingerprint density at radius 1 is 1.00 bits per heavy atom. The van der Waals surface area contributed by atoms with E-state index in [1.54, 1.807) is 14.2 Å². The van der Waals surface area contributed by atoms with E-state index in [1.165, 1.54) is 0 Å². The molecule has 0 aromatic heterocycles. The number of rotatable bonds is 9. The lowest BCUT2D eigenvalue weighted by molar-refractivity contribution is 0.354. The van der Waals surface area contributed by atoms with Gasteiger partial charge in [0.1, 0.15) is 5.84 Å². The van der Waals surface area contributed by atoms with Crippen LogP contribution in [0.5, 0.6) is 11.5 Å². The zero-order chi connectivity index (χ0) is 15.7. The van der Waals surface area contributed by atoms with Gasteiger partial charge < -0.3 is 14.4 Å². The average molecular weight is 329 g/mol. The molecule has 0 aliphatic carbocycles. The van der Waals surface area contributed by atoms with Crippen molar-refractivity contribution in [1.82, 2.24) is 4.90 Å². The second-order valence-corrected chi connectivity index (χ2v) is 5.11. The molecule has 4 nitrogen and oxygen atoms in total. The van der Waals surface area contributed by atoms with Crippen molar-refractivity contribution in [2.75, 3.05) is 27.3 Å². The third kappa shape index (κ3) is 5.76. The Bertz CT molecular complexity index is 444. The molecule has 0 bridgehead atoms. The van der Waals surface area contributed by atoms with Gasteiger partial charge in [-0.2, -0.15) is 0 Å². The maximum absolute atomic E-state index is 8.47. The summed E-state index contributed by atoms with van der Waals surface area (Å²) >= 11 is 0. The van der Waals surface area contributed by atoms with Crippen molar-refractivity contribution in [3.05, 3.63) is 23.8 Å². The van der Waals surface area contributed by atoms with Gasteiger partial charge in [-0.25, -0.2) is 0 Å². The van der Waals surface area contributed by atoms with Crippen molar-refractivity contribution >= 4 is 18.2 Å². The highest BCUT2D eigenvalue weighted by atomic mass is 35.5. The van der Waals surface area contributed by atoms with Gasteiger partial charge in [-0.05, 0) is 31.0 Å². The summed E-state index contributed by atoms with van der Waals surface area (Å²) in [5.74, 6) is 1.94. The maximum Gasteiger partial charge on any atom is 0.161 e. The summed E-state index contributed by atoms with van der Waals surface area (Å²) in [5.41, 5.74) is 0.875. The van der Waals surface area contributed by atoms with E-state index in [0.717, 1.165) is 44.3 Å². The lowest BCUT2D eigenvalue weighted by Crippen LogP contribution is -2.33. The minimum Gasteiger partial charge on any atom is -0.493 e. The fraction of sp³-hybridized carbons (Fsp3) is 0.588. The number of ether oxygens (including phenoxy) is 2. The van der Waals surface area contributed by atoms with Gasteiger partial charge in [-0.3, -0.25) is 5.41 Å². The summed E-state index contributed by atoms with van der Waals surface area (Å²) in [6.07, 6.45) is 4.50. The van der Waals surface area contributed by atoms with Crippen LogP contribution in [0.1, 0.15) is 45.1 Å². The van der Waals surface area contributed by atoms with E-state index in [-0.39, 0.29) is 12.4 Å². The van der Waals surface area contributed by atoms with Gasteiger partial charge in [-0.15, -0.1) is 12.4 Å². The van der Waals surface area contributed by atoms with Crippen molar-refractivity contribution in [2.45, 2.75) is 39.5 Å². The highest BCUT2D eigenvalue weighted by Gasteiger charge is 2.13. The van der Waals surface area contributed by atoms with Crippen LogP contribution < -0.4 is 9.47 Å². The molecule has 1 aromatic carbocycles. The molecule has 0 saturated heterocycles. The second-order valence-electron chi connectivity index (χ2n) is 5.11. The van der Waals surface area contributed by atoms with E-state index in [2.05, 4.69) is 18.7 Å². The predicted molar refractivity (Wildman–Crippen MR) is 95.0 cm³/mol. The first kappa shape index (κ1) is 20.6. The van der Waals surface area contributed by atoms with Crippen molar-refractivity contribution < 1.29 is 9.47 Å². The molecule has 0 radical (unpaired) electrons. The Balaban J connectivity index is 0.00000441. The van der Waals surface area contributed by atoms with Gasteiger partial charge in [0.25, 0.3) is 0 Å². The van der Waals surface area contributed by atoms with E-state index in [9.17, 15) is 0 Å². The first-order valence-electron chi connectivity index (χ1n) is 7.73. The SMILES string of the molecule is CCCCN(CCCC)C(=N)c1ccc(OC)c(OC)c1.Cl. The number of halogens is 1. The van der Waals surface area contributed by atoms with Crippen LogP contribution in [0, 0.1) is 5.41 Å². The second kappa shape index (κ2) is 11.2. The van der Waals surface area contributed by atoms with Crippen LogP contribution in [0.15, 0.2) is 18.2 Å². The van der Waals surface area contributed by atoms with Crippen molar-refractivity contribution in [1.29, 1.82) is 5.41 Å². The van der Waals surface area contributed by atoms with E-state index in [4.69, 9.17) is 14.9 Å². The van der Waals surface area contributed by atoms with Crippen molar-refractivity contribution in [2.24, 2.45) is 0 Å². The molecule has 0 spiro atoms. The smallest absolute Gasteiger partial charge is 0.161 e. The normalized spacial score (nSPS) is 9.82. The van der Waals surface area contributed by atoms with Crippen LogP contribution in [0.3, 0.4) is 0 Å². The van der Waals surface area contributed by atoms with Gasteiger partial charge in [0.05, 0.1) is 14.2 Å². The van der Waals surface area contributed by atoms with E-state index in [0.29, 0.717) is 17.3 Å². The van der Waals surface area contributed by atoms with E-state index < -0.39 is 0 Å². The monoisotopic (exact) mass is 328 g/mol. The molecule has 0 saturated carbocycles. The third-order valence-electron chi connectivity index (χ3n) is 3.54. The molecule has 0 aliphatic heterocycles. The zero-order valence-corrected chi connectivity index (χ0v) is 15.0. The van der Waals surface area contributed by atoms with Crippen molar-refractivity contribution in [3.63, 3.8) is 0 Å². The summed E-state index contributed by atoms with van der Waals surface area (Å²) < 4.78 is 10.6.